The minimum Gasteiger partial charge on any atom is -0.309 e. The van der Waals surface area contributed by atoms with E-state index in [0.29, 0.717) is 5.56 Å². The monoisotopic (exact) mass is 356 g/mol. The zero-order valence-corrected chi connectivity index (χ0v) is 14.2. The third-order valence-corrected chi connectivity index (χ3v) is 5.07. The van der Waals surface area contributed by atoms with E-state index in [0.717, 1.165) is 24.7 Å². The highest BCUT2D eigenvalue weighted by Gasteiger charge is 2.16. The van der Waals surface area contributed by atoms with E-state index in [1.54, 1.807) is 6.92 Å². The third-order valence-electron chi connectivity index (χ3n) is 3.69. The molecule has 7 heteroatoms. The lowest BCUT2D eigenvalue weighted by Crippen LogP contribution is -2.23. The van der Waals surface area contributed by atoms with Crippen molar-refractivity contribution in [3.05, 3.63) is 64.5 Å². The molecule has 23 heavy (non-hydrogen) atoms. The summed E-state index contributed by atoms with van der Waals surface area (Å²) in [5, 5.41) is 3.25. The molecule has 0 spiro atoms. The summed E-state index contributed by atoms with van der Waals surface area (Å²) in [6.45, 7) is 3.50. The van der Waals surface area contributed by atoms with Crippen LogP contribution >= 0.6 is 12.4 Å². The van der Waals surface area contributed by atoms with Crippen molar-refractivity contribution >= 4 is 22.4 Å². The van der Waals surface area contributed by atoms with Gasteiger partial charge in [-0.25, -0.2) is 17.5 Å². The van der Waals surface area contributed by atoms with Gasteiger partial charge in [-0.2, -0.15) is 0 Å². The largest absolute Gasteiger partial charge is 0.309 e. The van der Waals surface area contributed by atoms with Crippen molar-refractivity contribution in [3.63, 3.8) is 0 Å². The summed E-state index contributed by atoms with van der Waals surface area (Å²) in [5.74, 6) is -0.552. The second-order valence-corrected chi connectivity index (χ2v) is 7.26. The molecule has 0 atom stereocenters. The number of benzene rings is 2. The molecule has 0 radical (unpaired) electrons. The summed E-state index contributed by atoms with van der Waals surface area (Å²) in [7, 11) is -3.72. The lowest BCUT2D eigenvalue weighted by atomic mass is 10.1. The molecule has 0 amide bonds. The van der Waals surface area contributed by atoms with Crippen molar-refractivity contribution in [1.29, 1.82) is 0 Å². The van der Waals surface area contributed by atoms with Crippen LogP contribution < -0.4 is 10.0 Å². The number of halogens is 2. The van der Waals surface area contributed by atoms with E-state index in [9.17, 15) is 12.8 Å². The second-order valence-electron chi connectivity index (χ2n) is 5.50. The fourth-order valence-corrected chi connectivity index (χ4v) is 3.71. The molecule has 2 N–H and O–H groups in total. The van der Waals surface area contributed by atoms with Crippen LogP contribution in [0.4, 0.5) is 4.39 Å². The molecule has 0 unspecified atom stereocenters. The molecule has 2 aromatic carbocycles. The number of nitrogens with one attached hydrogen (secondary N) is 2. The minimum atomic E-state index is -3.72. The summed E-state index contributed by atoms with van der Waals surface area (Å²) in [4.78, 5) is -0.0483. The maximum Gasteiger partial charge on any atom is 0.240 e. The molecule has 0 saturated carbocycles. The Hall–Kier alpha value is -1.47. The average molecular weight is 357 g/mol. The molecule has 3 rings (SSSR count). The topological polar surface area (TPSA) is 58.2 Å². The lowest BCUT2D eigenvalue weighted by Gasteiger charge is -2.09. The van der Waals surface area contributed by atoms with Gasteiger partial charge in [0.25, 0.3) is 0 Å². The smallest absolute Gasteiger partial charge is 0.240 e. The molecular weight excluding hydrogens is 339 g/mol. The zero-order chi connectivity index (χ0) is 15.7. The van der Waals surface area contributed by atoms with Crippen LogP contribution in [0.5, 0.6) is 0 Å². The van der Waals surface area contributed by atoms with Crippen molar-refractivity contribution < 1.29 is 12.8 Å². The van der Waals surface area contributed by atoms with Gasteiger partial charge in [0.15, 0.2) is 0 Å². The number of fused-ring (bicyclic) bond motifs is 1. The van der Waals surface area contributed by atoms with Gasteiger partial charge in [0.05, 0.1) is 4.90 Å². The Balaban J connectivity index is 0.00000192. The number of hydrogen-bond donors (Lipinski definition) is 2. The maximum absolute atomic E-state index is 13.4. The molecule has 1 aliphatic rings. The van der Waals surface area contributed by atoms with Crippen molar-refractivity contribution in [2.24, 2.45) is 0 Å². The normalized spacial score (nSPS) is 13.5. The maximum atomic E-state index is 13.4. The molecule has 0 aliphatic carbocycles. The number of aryl methyl sites for hydroxylation is 1. The number of sulfonamides is 1. The van der Waals surface area contributed by atoms with Crippen LogP contribution in [0.2, 0.25) is 0 Å². The van der Waals surface area contributed by atoms with Gasteiger partial charge in [0, 0.05) is 19.6 Å². The van der Waals surface area contributed by atoms with Gasteiger partial charge in [-0.05, 0) is 47.4 Å². The van der Waals surface area contributed by atoms with Crippen LogP contribution in [-0.4, -0.2) is 8.42 Å². The van der Waals surface area contributed by atoms with Gasteiger partial charge in [-0.3, -0.25) is 0 Å². The Morgan fingerprint density at radius 2 is 1.87 bits per heavy atom. The fraction of sp³-hybridized carbons (Fsp3) is 0.250. The first kappa shape index (κ1) is 17.9. The Bertz CT molecular complexity index is 805. The Labute approximate surface area is 141 Å². The van der Waals surface area contributed by atoms with Crippen LogP contribution in [0.15, 0.2) is 41.3 Å². The first-order valence-corrected chi connectivity index (χ1v) is 8.51. The summed E-state index contributed by atoms with van der Waals surface area (Å²) in [6.07, 6.45) is 0. The number of hydrogen-bond acceptors (Lipinski definition) is 3. The zero-order valence-electron chi connectivity index (χ0n) is 12.6. The summed E-state index contributed by atoms with van der Waals surface area (Å²) in [5.41, 5.74) is 3.90. The summed E-state index contributed by atoms with van der Waals surface area (Å²) < 4.78 is 40.4. The predicted octanol–water partition coefficient (Wildman–Crippen LogP) is 2.64. The van der Waals surface area contributed by atoms with Gasteiger partial charge in [0.2, 0.25) is 10.0 Å². The summed E-state index contributed by atoms with van der Waals surface area (Å²) in [6, 6.07) is 9.69. The first-order valence-electron chi connectivity index (χ1n) is 7.02. The highest BCUT2D eigenvalue weighted by atomic mass is 35.5. The van der Waals surface area contributed by atoms with E-state index in [-0.39, 0.29) is 23.8 Å². The van der Waals surface area contributed by atoms with Gasteiger partial charge in [-0.1, -0.05) is 18.2 Å². The Morgan fingerprint density at radius 3 is 2.61 bits per heavy atom. The molecule has 0 fully saturated rings. The van der Waals surface area contributed by atoms with Crippen molar-refractivity contribution in [2.45, 2.75) is 31.5 Å². The average Bonchev–Trinajstić information content (AvgIpc) is 2.91. The molecule has 2 aromatic rings. The molecule has 4 nitrogen and oxygen atoms in total. The van der Waals surface area contributed by atoms with Crippen LogP contribution in [0, 0.1) is 12.7 Å². The Kier molecular flexibility index (Phi) is 5.41. The Morgan fingerprint density at radius 1 is 1.13 bits per heavy atom. The molecule has 124 valence electrons. The standard InChI is InChI=1S/C16H17FN2O2S.ClH/c1-11-4-15(17)7-16(5-11)22(20,21)19-8-12-2-3-13-9-18-10-14(13)6-12;/h2-7,18-19H,8-10H2,1H3;1H. The van der Waals surface area contributed by atoms with Crippen molar-refractivity contribution in [1.82, 2.24) is 10.0 Å². The second kappa shape index (κ2) is 6.97. The lowest BCUT2D eigenvalue weighted by molar-refractivity contribution is 0.577. The van der Waals surface area contributed by atoms with Crippen molar-refractivity contribution in [2.75, 3.05) is 0 Å². The predicted molar refractivity (Wildman–Crippen MR) is 89.4 cm³/mol. The van der Waals surface area contributed by atoms with E-state index >= 15 is 0 Å². The third kappa shape index (κ3) is 4.09. The molecule has 0 bridgehead atoms. The van der Waals surface area contributed by atoms with Gasteiger partial charge in [-0.15, -0.1) is 12.4 Å². The minimum absolute atomic E-state index is 0. The van der Waals surface area contributed by atoms with Gasteiger partial charge in [0.1, 0.15) is 5.82 Å². The van der Waals surface area contributed by atoms with Crippen molar-refractivity contribution in [3.8, 4) is 0 Å². The van der Waals surface area contributed by atoms with Gasteiger partial charge >= 0.3 is 0 Å². The van der Waals surface area contributed by atoms with Crippen LogP contribution in [-0.2, 0) is 29.7 Å². The van der Waals surface area contributed by atoms with Gasteiger partial charge < -0.3 is 5.32 Å². The fourth-order valence-electron chi connectivity index (χ4n) is 2.58. The molecule has 0 aromatic heterocycles. The molecule has 0 saturated heterocycles. The molecular formula is C16H18ClFN2O2S. The van der Waals surface area contributed by atoms with Crippen LogP contribution in [0.1, 0.15) is 22.3 Å². The molecule has 1 aliphatic heterocycles. The van der Waals surface area contributed by atoms with E-state index in [4.69, 9.17) is 0 Å². The highest BCUT2D eigenvalue weighted by Crippen LogP contribution is 2.18. The SMILES string of the molecule is Cc1cc(F)cc(S(=O)(=O)NCc2ccc3c(c2)CNC3)c1.Cl. The van der Waals surface area contributed by atoms with E-state index in [1.807, 2.05) is 18.2 Å². The van der Waals surface area contributed by atoms with E-state index < -0.39 is 15.8 Å². The quantitative estimate of drug-likeness (QED) is 0.885. The molecule has 1 heterocycles. The highest BCUT2D eigenvalue weighted by molar-refractivity contribution is 7.89. The van der Waals surface area contributed by atoms with Crippen LogP contribution in [0.25, 0.3) is 0 Å². The first-order chi connectivity index (χ1) is 10.4. The van der Waals surface area contributed by atoms with Crippen LogP contribution in [0.3, 0.4) is 0 Å². The van der Waals surface area contributed by atoms with E-state index in [1.165, 1.54) is 23.3 Å². The summed E-state index contributed by atoms with van der Waals surface area (Å²) >= 11 is 0. The number of rotatable bonds is 4. The van der Waals surface area contributed by atoms with E-state index in [2.05, 4.69) is 10.0 Å².